The van der Waals surface area contributed by atoms with Gasteiger partial charge >= 0.3 is 0 Å². The molecule has 3 heteroatoms. The summed E-state index contributed by atoms with van der Waals surface area (Å²) in [6, 6.07) is 4.15. The van der Waals surface area contributed by atoms with Crippen molar-refractivity contribution in [1.29, 1.82) is 0 Å². The number of carbonyl (C=O) groups is 1. The monoisotopic (exact) mass is 323 g/mol. The Morgan fingerprint density at radius 1 is 1.26 bits per heavy atom. The van der Waals surface area contributed by atoms with Gasteiger partial charge in [-0.2, -0.15) is 0 Å². The van der Waals surface area contributed by atoms with E-state index in [1.165, 1.54) is 24.8 Å². The molecular formula is C16H22BrNO. The van der Waals surface area contributed by atoms with E-state index in [0.717, 1.165) is 23.2 Å². The van der Waals surface area contributed by atoms with Gasteiger partial charge in [-0.25, -0.2) is 0 Å². The second-order valence-corrected chi connectivity index (χ2v) is 6.87. The molecule has 1 aliphatic carbocycles. The van der Waals surface area contributed by atoms with Crippen LogP contribution in [0.3, 0.4) is 0 Å². The summed E-state index contributed by atoms with van der Waals surface area (Å²) in [7, 11) is 0. The Balaban J connectivity index is 2.04. The van der Waals surface area contributed by atoms with Crippen molar-refractivity contribution in [2.45, 2.75) is 44.9 Å². The van der Waals surface area contributed by atoms with Crippen LogP contribution in [0.25, 0.3) is 0 Å². The second kappa shape index (κ2) is 6.08. The van der Waals surface area contributed by atoms with Crippen LogP contribution in [0.2, 0.25) is 0 Å². The van der Waals surface area contributed by atoms with Crippen LogP contribution < -0.4 is 5.32 Å². The van der Waals surface area contributed by atoms with E-state index in [-0.39, 0.29) is 5.91 Å². The molecule has 19 heavy (non-hydrogen) atoms. The van der Waals surface area contributed by atoms with Crippen molar-refractivity contribution in [3.63, 3.8) is 0 Å². The maximum atomic E-state index is 12.3. The molecule has 1 aromatic carbocycles. The van der Waals surface area contributed by atoms with Crippen LogP contribution in [0.4, 0.5) is 0 Å². The van der Waals surface area contributed by atoms with E-state index in [4.69, 9.17) is 0 Å². The van der Waals surface area contributed by atoms with Crippen molar-refractivity contribution in [3.8, 4) is 0 Å². The SMILES string of the molecule is Cc1cc(C)c(C(=O)NCC2CCCC2Br)c(C)c1. The maximum absolute atomic E-state index is 12.3. The summed E-state index contributed by atoms with van der Waals surface area (Å²) in [5, 5.41) is 3.10. The lowest BCUT2D eigenvalue weighted by Crippen LogP contribution is -2.31. The first kappa shape index (κ1) is 14.6. The molecule has 2 nitrogen and oxygen atoms in total. The first-order valence-corrected chi connectivity index (χ1v) is 7.90. The Kier molecular flexibility index (Phi) is 4.67. The number of carbonyl (C=O) groups excluding carboxylic acids is 1. The molecule has 0 aromatic heterocycles. The zero-order valence-electron chi connectivity index (χ0n) is 11.9. The van der Waals surface area contributed by atoms with E-state index in [9.17, 15) is 4.79 Å². The van der Waals surface area contributed by atoms with E-state index in [1.54, 1.807) is 0 Å². The number of rotatable bonds is 3. The lowest BCUT2D eigenvalue weighted by atomic mass is 9.99. The van der Waals surface area contributed by atoms with Gasteiger partial charge < -0.3 is 5.32 Å². The zero-order valence-corrected chi connectivity index (χ0v) is 13.5. The van der Waals surface area contributed by atoms with Gasteiger partial charge in [-0.15, -0.1) is 0 Å². The van der Waals surface area contributed by atoms with Crippen molar-refractivity contribution >= 4 is 21.8 Å². The molecule has 0 saturated heterocycles. The number of hydrogen-bond acceptors (Lipinski definition) is 1. The third-order valence-electron chi connectivity index (χ3n) is 4.00. The molecule has 2 unspecified atom stereocenters. The van der Waals surface area contributed by atoms with Crippen LogP contribution in [0.5, 0.6) is 0 Å². The molecule has 2 atom stereocenters. The Labute approximate surface area is 124 Å². The molecule has 1 aromatic rings. The van der Waals surface area contributed by atoms with Crippen molar-refractivity contribution in [2.24, 2.45) is 5.92 Å². The van der Waals surface area contributed by atoms with E-state index >= 15 is 0 Å². The van der Waals surface area contributed by atoms with E-state index < -0.39 is 0 Å². The van der Waals surface area contributed by atoms with Gasteiger partial charge in [0.15, 0.2) is 0 Å². The minimum atomic E-state index is 0.0709. The molecule has 1 fully saturated rings. The lowest BCUT2D eigenvalue weighted by Gasteiger charge is -2.16. The summed E-state index contributed by atoms with van der Waals surface area (Å²) in [4.78, 5) is 12.9. The van der Waals surface area contributed by atoms with Crippen LogP contribution in [0, 0.1) is 26.7 Å². The van der Waals surface area contributed by atoms with Crippen LogP contribution in [0.15, 0.2) is 12.1 Å². The number of hydrogen-bond donors (Lipinski definition) is 1. The average molecular weight is 324 g/mol. The maximum Gasteiger partial charge on any atom is 0.251 e. The zero-order chi connectivity index (χ0) is 14.0. The third kappa shape index (κ3) is 3.38. The highest BCUT2D eigenvalue weighted by molar-refractivity contribution is 9.09. The summed E-state index contributed by atoms with van der Waals surface area (Å²) in [6.07, 6.45) is 3.70. The quantitative estimate of drug-likeness (QED) is 0.839. The Morgan fingerprint density at radius 2 is 1.89 bits per heavy atom. The van der Waals surface area contributed by atoms with Gasteiger partial charge in [-0.1, -0.05) is 40.0 Å². The van der Waals surface area contributed by atoms with Crippen molar-refractivity contribution in [1.82, 2.24) is 5.32 Å². The molecule has 104 valence electrons. The highest BCUT2D eigenvalue weighted by Gasteiger charge is 2.25. The van der Waals surface area contributed by atoms with Gasteiger partial charge in [0.2, 0.25) is 0 Å². The number of nitrogens with one attached hydrogen (secondary N) is 1. The number of halogens is 1. The Hall–Kier alpha value is -0.830. The lowest BCUT2D eigenvalue weighted by molar-refractivity contribution is 0.0946. The minimum Gasteiger partial charge on any atom is -0.352 e. The number of amides is 1. The highest BCUT2D eigenvalue weighted by atomic mass is 79.9. The molecule has 0 bridgehead atoms. The Bertz CT molecular complexity index is 461. The molecule has 0 heterocycles. The molecular weight excluding hydrogens is 302 g/mol. The second-order valence-electron chi connectivity index (χ2n) is 5.69. The van der Waals surface area contributed by atoms with Crippen LogP contribution in [0.1, 0.15) is 46.3 Å². The standard InChI is InChI=1S/C16H22BrNO/c1-10-7-11(2)15(12(3)8-10)16(19)18-9-13-5-4-6-14(13)17/h7-8,13-14H,4-6,9H2,1-3H3,(H,18,19). The number of aryl methyl sites for hydroxylation is 3. The molecule has 1 saturated carbocycles. The van der Waals surface area contributed by atoms with Gasteiger partial charge in [0.05, 0.1) is 0 Å². The van der Waals surface area contributed by atoms with Crippen molar-refractivity contribution < 1.29 is 4.79 Å². The molecule has 1 aliphatic rings. The van der Waals surface area contributed by atoms with Gasteiger partial charge in [0.1, 0.15) is 0 Å². The number of benzene rings is 1. The first-order chi connectivity index (χ1) is 8.99. The van der Waals surface area contributed by atoms with Gasteiger partial charge in [-0.05, 0) is 50.7 Å². The van der Waals surface area contributed by atoms with Crippen molar-refractivity contribution in [3.05, 3.63) is 34.4 Å². The van der Waals surface area contributed by atoms with E-state index in [2.05, 4.69) is 40.3 Å². The van der Waals surface area contributed by atoms with Gasteiger partial charge in [0.25, 0.3) is 5.91 Å². The molecule has 0 aliphatic heterocycles. The van der Waals surface area contributed by atoms with Crippen LogP contribution in [-0.2, 0) is 0 Å². The normalized spacial score (nSPS) is 22.5. The first-order valence-electron chi connectivity index (χ1n) is 6.99. The summed E-state index contributed by atoms with van der Waals surface area (Å²) in [5.41, 5.74) is 4.19. The summed E-state index contributed by atoms with van der Waals surface area (Å²) in [5.74, 6) is 0.650. The summed E-state index contributed by atoms with van der Waals surface area (Å²) >= 11 is 3.70. The fraction of sp³-hybridized carbons (Fsp3) is 0.562. The van der Waals surface area contributed by atoms with E-state index in [1.807, 2.05) is 13.8 Å². The summed E-state index contributed by atoms with van der Waals surface area (Å²) < 4.78 is 0. The minimum absolute atomic E-state index is 0.0709. The molecule has 2 rings (SSSR count). The van der Waals surface area contributed by atoms with Crippen LogP contribution in [-0.4, -0.2) is 17.3 Å². The smallest absolute Gasteiger partial charge is 0.251 e. The largest absolute Gasteiger partial charge is 0.352 e. The van der Waals surface area contributed by atoms with Gasteiger partial charge in [0, 0.05) is 16.9 Å². The van der Waals surface area contributed by atoms with Crippen LogP contribution >= 0.6 is 15.9 Å². The molecule has 0 radical (unpaired) electrons. The predicted octanol–water partition coefficient (Wildman–Crippen LogP) is 3.91. The summed E-state index contributed by atoms with van der Waals surface area (Å²) in [6.45, 7) is 6.87. The third-order valence-corrected chi connectivity index (χ3v) is 5.20. The predicted molar refractivity (Wildman–Crippen MR) is 83.0 cm³/mol. The van der Waals surface area contributed by atoms with Gasteiger partial charge in [-0.3, -0.25) is 4.79 Å². The fourth-order valence-corrected chi connectivity index (χ4v) is 3.85. The highest BCUT2D eigenvalue weighted by Crippen LogP contribution is 2.31. The van der Waals surface area contributed by atoms with Crippen molar-refractivity contribution in [2.75, 3.05) is 6.54 Å². The number of alkyl halides is 1. The fourth-order valence-electron chi connectivity index (χ4n) is 3.07. The molecule has 1 amide bonds. The van der Waals surface area contributed by atoms with E-state index in [0.29, 0.717) is 10.7 Å². The average Bonchev–Trinajstić information content (AvgIpc) is 2.70. The Morgan fingerprint density at radius 3 is 2.42 bits per heavy atom. The molecule has 0 spiro atoms. The topological polar surface area (TPSA) is 29.1 Å². The molecule has 1 N–H and O–H groups in total.